The molecule has 0 aliphatic rings. The zero-order valence-electron chi connectivity index (χ0n) is 15.2. The van der Waals surface area contributed by atoms with E-state index in [4.69, 9.17) is 0 Å². The number of amides is 1. The van der Waals surface area contributed by atoms with Gasteiger partial charge in [-0.05, 0) is 54.6 Å². The van der Waals surface area contributed by atoms with E-state index in [0.29, 0.717) is 4.90 Å². The van der Waals surface area contributed by atoms with Crippen molar-refractivity contribution < 1.29 is 26.4 Å². The van der Waals surface area contributed by atoms with E-state index in [2.05, 4.69) is 10.0 Å². The van der Waals surface area contributed by atoms with E-state index < -0.39 is 33.4 Å². The highest BCUT2D eigenvalue weighted by atomic mass is 32.2. The molecule has 2 N–H and O–H groups in total. The maximum absolute atomic E-state index is 13.2. The number of carbonyl (C=O) groups excluding carboxylic acids is 1. The van der Waals surface area contributed by atoms with E-state index in [9.17, 15) is 26.4 Å². The number of sulfonamides is 1. The average molecular weight is 452 g/mol. The molecule has 0 aromatic heterocycles. The predicted octanol–water partition coefficient (Wildman–Crippen LogP) is 4.64. The minimum atomic E-state index is -4.00. The number of hydrogen-bond acceptors (Lipinski definition) is 4. The van der Waals surface area contributed by atoms with Crippen LogP contribution in [-0.2, 0) is 14.8 Å². The molecule has 156 valence electrons. The highest BCUT2D eigenvalue weighted by Gasteiger charge is 2.17. The molecule has 0 aliphatic carbocycles. The Balaban J connectivity index is 1.69. The van der Waals surface area contributed by atoms with Crippen molar-refractivity contribution >= 4 is 39.1 Å². The fourth-order valence-corrected chi connectivity index (χ4v) is 4.20. The number of benzene rings is 3. The van der Waals surface area contributed by atoms with Crippen molar-refractivity contribution in [3.8, 4) is 0 Å². The van der Waals surface area contributed by atoms with Gasteiger partial charge in [-0.1, -0.05) is 12.1 Å². The molecule has 0 unspecified atom stereocenters. The van der Waals surface area contributed by atoms with E-state index in [1.165, 1.54) is 18.2 Å². The zero-order chi connectivity index (χ0) is 21.7. The Morgan fingerprint density at radius 1 is 0.867 bits per heavy atom. The Morgan fingerprint density at radius 2 is 1.53 bits per heavy atom. The quantitative estimate of drug-likeness (QED) is 0.513. The summed E-state index contributed by atoms with van der Waals surface area (Å²) in [4.78, 5) is 12.5. The molecule has 0 heterocycles. The van der Waals surface area contributed by atoms with Gasteiger partial charge in [-0.25, -0.2) is 21.6 Å². The fraction of sp³-hybridized carbons (Fsp3) is 0.0500. The van der Waals surface area contributed by atoms with Gasteiger partial charge in [0.1, 0.15) is 5.82 Å². The van der Waals surface area contributed by atoms with E-state index in [0.717, 1.165) is 48.2 Å². The van der Waals surface area contributed by atoms with Crippen molar-refractivity contribution in [2.75, 3.05) is 15.8 Å². The SMILES string of the molecule is O=C(CSc1ccc(F)c(F)c1)Nc1ccccc1NS(=O)(=O)c1ccc(F)cc1. The van der Waals surface area contributed by atoms with Crippen LogP contribution < -0.4 is 10.0 Å². The van der Waals surface area contributed by atoms with Crippen LogP contribution in [0.25, 0.3) is 0 Å². The average Bonchev–Trinajstić information content (AvgIpc) is 2.70. The van der Waals surface area contributed by atoms with Crippen molar-refractivity contribution in [3.05, 3.63) is 84.2 Å². The molecule has 0 radical (unpaired) electrons. The number of thioether (sulfide) groups is 1. The number of nitrogens with one attached hydrogen (secondary N) is 2. The number of para-hydroxylation sites is 2. The molecular formula is C20H15F3N2O3S2. The third kappa shape index (κ3) is 5.55. The molecule has 10 heteroatoms. The van der Waals surface area contributed by atoms with Crippen molar-refractivity contribution in [1.29, 1.82) is 0 Å². The first-order chi connectivity index (χ1) is 14.2. The van der Waals surface area contributed by atoms with Crippen molar-refractivity contribution in [2.24, 2.45) is 0 Å². The summed E-state index contributed by atoms with van der Waals surface area (Å²) >= 11 is 0.995. The number of hydrogen-bond donors (Lipinski definition) is 2. The Bertz CT molecular complexity index is 1170. The van der Waals surface area contributed by atoms with Crippen LogP contribution in [0.2, 0.25) is 0 Å². The number of carbonyl (C=O) groups is 1. The Labute approximate surface area is 175 Å². The van der Waals surface area contributed by atoms with Crippen LogP contribution >= 0.6 is 11.8 Å². The van der Waals surface area contributed by atoms with Gasteiger partial charge in [0.25, 0.3) is 10.0 Å². The van der Waals surface area contributed by atoms with Crippen molar-refractivity contribution in [1.82, 2.24) is 0 Å². The van der Waals surface area contributed by atoms with Gasteiger partial charge in [-0.3, -0.25) is 9.52 Å². The van der Waals surface area contributed by atoms with E-state index in [1.807, 2.05) is 0 Å². The topological polar surface area (TPSA) is 75.3 Å². The molecule has 0 fully saturated rings. The van der Waals surface area contributed by atoms with Gasteiger partial charge in [-0.15, -0.1) is 11.8 Å². The Hall–Kier alpha value is -2.98. The Morgan fingerprint density at radius 3 is 2.20 bits per heavy atom. The maximum atomic E-state index is 13.2. The van der Waals surface area contributed by atoms with Crippen LogP contribution in [0.15, 0.2) is 76.5 Å². The van der Waals surface area contributed by atoms with Crippen molar-refractivity contribution in [3.63, 3.8) is 0 Å². The molecule has 30 heavy (non-hydrogen) atoms. The summed E-state index contributed by atoms with van der Waals surface area (Å²) < 4.78 is 66.6. The zero-order valence-corrected chi connectivity index (χ0v) is 16.9. The Kier molecular flexibility index (Phi) is 6.68. The van der Waals surface area contributed by atoms with Crippen LogP contribution in [0.3, 0.4) is 0 Å². The van der Waals surface area contributed by atoms with Crippen LogP contribution in [0, 0.1) is 17.5 Å². The summed E-state index contributed by atoms with van der Waals surface area (Å²) in [6.07, 6.45) is 0. The summed E-state index contributed by atoms with van der Waals surface area (Å²) in [5.74, 6) is -3.14. The molecule has 0 bridgehead atoms. The van der Waals surface area contributed by atoms with Gasteiger partial charge in [0.2, 0.25) is 5.91 Å². The first-order valence-corrected chi connectivity index (χ1v) is 11.0. The number of rotatable bonds is 7. The normalized spacial score (nSPS) is 11.2. The maximum Gasteiger partial charge on any atom is 0.261 e. The van der Waals surface area contributed by atoms with E-state index in [-0.39, 0.29) is 22.0 Å². The summed E-state index contributed by atoms with van der Waals surface area (Å²) in [5, 5.41) is 2.58. The summed E-state index contributed by atoms with van der Waals surface area (Å²) in [5.41, 5.74) is 0.326. The van der Waals surface area contributed by atoms with Gasteiger partial charge in [0.15, 0.2) is 11.6 Å². The molecule has 0 saturated heterocycles. The van der Waals surface area contributed by atoms with Crippen LogP contribution in [0.4, 0.5) is 24.5 Å². The predicted molar refractivity (Wildman–Crippen MR) is 109 cm³/mol. The highest BCUT2D eigenvalue weighted by molar-refractivity contribution is 8.00. The number of anilines is 2. The summed E-state index contributed by atoms with van der Waals surface area (Å²) in [6.45, 7) is 0. The molecule has 1 amide bonds. The number of halogens is 3. The van der Waals surface area contributed by atoms with Crippen molar-refractivity contribution in [2.45, 2.75) is 9.79 Å². The second-order valence-corrected chi connectivity index (χ2v) is 8.75. The highest BCUT2D eigenvalue weighted by Crippen LogP contribution is 2.26. The minimum Gasteiger partial charge on any atom is -0.324 e. The fourth-order valence-electron chi connectivity index (χ4n) is 2.40. The van der Waals surface area contributed by atoms with E-state index >= 15 is 0 Å². The lowest BCUT2D eigenvalue weighted by atomic mass is 10.3. The monoisotopic (exact) mass is 452 g/mol. The molecule has 5 nitrogen and oxygen atoms in total. The third-order valence-corrected chi connectivity index (χ3v) is 6.21. The first kappa shape index (κ1) is 21.7. The molecule has 0 aliphatic heterocycles. The second-order valence-electron chi connectivity index (χ2n) is 6.02. The summed E-state index contributed by atoms with van der Waals surface area (Å²) in [6, 6.07) is 13.7. The molecular weight excluding hydrogens is 437 g/mol. The molecule has 0 spiro atoms. The lowest BCUT2D eigenvalue weighted by molar-refractivity contribution is -0.113. The first-order valence-electron chi connectivity index (χ1n) is 8.50. The van der Waals surface area contributed by atoms with Crippen LogP contribution in [-0.4, -0.2) is 20.1 Å². The van der Waals surface area contributed by atoms with Gasteiger partial charge >= 0.3 is 0 Å². The third-order valence-electron chi connectivity index (χ3n) is 3.83. The molecule has 3 rings (SSSR count). The van der Waals surface area contributed by atoms with Crippen LogP contribution in [0.5, 0.6) is 0 Å². The standard InChI is InChI=1S/C20H15F3N2O3S2/c21-13-5-8-15(9-6-13)30(27,28)25-19-4-2-1-3-18(19)24-20(26)12-29-14-7-10-16(22)17(23)11-14/h1-11,25H,12H2,(H,24,26). The second kappa shape index (κ2) is 9.23. The van der Waals surface area contributed by atoms with Gasteiger partial charge in [0.05, 0.1) is 22.0 Å². The van der Waals surface area contributed by atoms with Gasteiger partial charge < -0.3 is 5.32 Å². The van der Waals surface area contributed by atoms with Gasteiger partial charge in [0, 0.05) is 4.90 Å². The molecule has 0 atom stereocenters. The largest absolute Gasteiger partial charge is 0.324 e. The lowest BCUT2D eigenvalue weighted by Gasteiger charge is -2.13. The lowest BCUT2D eigenvalue weighted by Crippen LogP contribution is -2.18. The minimum absolute atomic E-state index is 0.107. The molecule has 0 saturated carbocycles. The molecule has 3 aromatic rings. The van der Waals surface area contributed by atoms with Crippen LogP contribution in [0.1, 0.15) is 0 Å². The summed E-state index contributed by atoms with van der Waals surface area (Å²) in [7, 11) is -4.00. The molecule has 3 aromatic carbocycles. The smallest absolute Gasteiger partial charge is 0.261 e. The van der Waals surface area contributed by atoms with E-state index in [1.54, 1.807) is 12.1 Å². The van der Waals surface area contributed by atoms with Gasteiger partial charge in [-0.2, -0.15) is 0 Å².